The summed E-state index contributed by atoms with van der Waals surface area (Å²) in [5, 5.41) is 17.1. The molecule has 2 aromatic rings. The van der Waals surface area contributed by atoms with E-state index in [0.717, 1.165) is 11.1 Å². The first-order valence-corrected chi connectivity index (χ1v) is 6.11. The van der Waals surface area contributed by atoms with Crippen LogP contribution in [0.4, 0.5) is 0 Å². The van der Waals surface area contributed by atoms with Gasteiger partial charge in [-0.1, -0.05) is 30.3 Å². The van der Waals surface area contributed by atoms with Crippen LogP contribution in [0.3, 0.4) is 0 Å². The lowest BCUT2D eigenvalue weighted by atomic mass is 10.1. The molecule has 4 heteroatoms. The van der Waals surface area contributed by atoms with E-state index in [0.29, 0.717) is 0 Å². The lowest BCUT2D eigenvalue weighted by Gasteiger charge is -2.21. The molecule has 18 heavy (non-hydrogen) atoms. The predicted octanol–water partition coefficient (Wildman–Crippen LogP) is 1.80. The minimum Gasteiger partial charge on any atom is -0.394 e. The highest BCUT2D eigenvalue weighted by Crippen LogP contribution is 2.18. The average Bonchev–Trinajstić information content (AvgIpc) is 2.83. The Bertz CT molecular complexity index is 481. The van der Waals surface area contributed by atoms with Crippen molar-refractivity contribution in [2.75, 3.05) is 6.61 Å². The van der Waals surface area contributed by atoms with Crippen LogP contribution in [-0.4, -0.2) is 21.5 Å². The molecule has 1 heterocycles. The highest BCUT2D eigenvalue weighted by Gasteiger charge is 2.15. The summed E-state index contributed by atoms with van der Waals surface area (Å²) in [6.45, 7) is 2.15. The molecule has 0 aliphatic carbocycles. The largest absolute Gasteiger partial charge is 0.394 e. The Hall–Kier alpha value is -1.65. The monoisotopic (exact) mass is 245 g/mol. The normalized spacial score (nSPS) is 14.4. The second-order valence-electron chi connectivity index (χ2n) is 4.48. The third-order valence-electron chi connectivity index (χ3n) is 3.06. The van der Waals surface area contributed by atoms with Gasteiger partial charge in [-0.05, 0) is 12.5 Å². The van der Waals surface area contributed by atoms with Crippen LogP contribution < -0.4 is 5.32 Å². The molecule has 0 fully saturated rings. The zero-order chi connectivity index (χ0) is 13.0. The number of hydrogen-bond donors (Lipinski definition) is 2. The van der Waals surface area contributed by atoms with Gasteiger partial charge in [0.05, 0.1) is 18.8 Å². The predicted molar refractivity (Wildman–Crippen MR) is 71.0 cm³/mol. The van der Waals surface area contributed by atoms with Crippen LogP contribution in [0.15, 0.2) is 42.7 Å². The number of aromatic nitrogens is 2. The number of hydrogen-bond acceptors (Lipinski definition) is 3. The smallest absolute Gasteiger partial charge is 0.0626 e. The van der Waals surface area contributed by atoms with Gasteiger partial charge >= 0.3 is 0 Å². The highest BCUT2D eigenvalue weighted by molar-refractivity contribution is 5.20. The third-order valence-corrected chi connectivity index (χ3v) is 3.06. The summed E-state index contributed by atoms with van der Waals surface area (Å²) < 4.78 is 1.78. The van der Waals surface area contributed by atoms with Crippen molar-refractivity contribution < 1.29 is 5.11 Å². The highest BCUT2D eigenvalue weighted by atomic mass is 16.3. The number of rotatable bonds is 5. The van der Waals surface area contributed by atoms with E-state index in [2.05, 4.69) is 17.3 Å². The minimum absolute atomic E-state index is 0.0543. The van der Waals surface area contributed by atoms with E-state index in [1.165, 1.54) is 0 Å². The maximum Gasteiger partial charge on any atom is 0.0626 e. The lowest BCUT2D eigenvalue weighted by molar-refractivity contribution is 0.235. The molecule has 2 N–H and O–H groups in total. The number of aliphatic hydroxyl groups excluding tert-OH is 1. The number of nitrogens with zero attached hydrogens (tertiary/aromatic N) is 2. The zero-order valence-corrected chi connectivity index (χ0v) is 10.7. The number of aliphatic hydroxyl groups is 1. The van der Waals surface area contributed by atoms with E-state index in [1.807, 2.05) is 49.8 Å². The van der Waals surface area contributed by atoms with Crippen LogP contribution in [0.1, 0.15) is 30.1 Å². The van der Waals surface area contributed by atoms with Gasteiger partial charge in [-0.25, -0.2) is 0 Å². The molecule has 96 valence electrons. The molecule has 1 unspecified atom stereocenters. The fourth-order valence-electron chi connectivity index (χ4n) is 2.00. The van der Waals surface area contributed by atoms with E-state index in [9.17, 15) is 5.11 Å². The Morgan fingerprint density at radius 1 is 1.28 bits per heavy atom. The summed E-state index contributed by atoms with van der Waals surface area (Å²) >= 11 is 0. The fraction of sp³-hybridized carbons (Fsp3) is 0.357. The Kier molecular flexibility index (Phi) is 4.12. The van der Waals surface area contributed by atoms with Gasteiger partial charge in [0, 0.05) is 24.8 Å². The molecule has 1 aromatic heterocycles. The van der Waals surface area contributed by atoms with Crippen LogP contribution >= 0.6 is 0 Å². The maximum atomic E-state index is 9.50. The van der Waals surface area contributed by atoms with E-state index in [-0.39, 0.29) is 18.7 Å². The molecule has 2 atom stereocenters. The number of aryl methyl sites for hydroxylation is 1. The van der Waals surface area contributed by atoms with Crippen molar-refractivity contribution in [3.8, 4) is 0 Å². The van der Waals surface area contributed by atoms with Crippen molar-refractivity contribution in [1.29, 1.82) is 0 Å². The standard InChI is InChI=1S/C14H19N3O/c1-11(13-8-15-17(2)9-13)16-14(10-18)12-6-4-3-5-7-12/h3-9,11,14,16,18H,10H2,1-2H3/t11?,14-/m1/s1. The molecule has 0 aliphatic rings. The summed E-state index contributed by atoms with van der Waals surface area (Å²) in [5.41, 5.74) is 2.21. The molecule has 0 aliphatic heterocycles. The van der Waals surface area contributed by atoms with Gasteiger partial charge in [0.25, 0.3) is 0 Å². The molecule has 2 rings (SSSR count). The van der Waals surface area contributed by atoms with Gasteiger partial charge in [-0.3, -0.25) is 4.68 Å². The van der Waals surface area contributed by atoms with Crippen LogP contribution in [0, 0.1) is 0 Å². The first-order valence-electron chi connectivity index (χ1n) is 6.11. The van der Waals surface area contributed by atoms with Crippen molar-refractivity contribution in [2.45, 2.75) is 19.0 Å². The fourth-order valence-corrected chi connectivity index (χ4v) is 2.00. The van der Waals surface area contributed by atoms with Gasteiger partial charge < -0.3 is 10.4 Å². The van der Waals surface area contributed by atoms with Crippen molar-refractivity contribution in [3.63, 3.8) is 0 Å². The van der Waals surface area contributed by atoms with Crippen molar-refractivity contribution in [3.05, 3.63) is 53.9 Å². The molecule has 0 amide bonds. The molecule has 0 saturated carbocycles. The maximum absolute atomic E-state index is 9.50. The Morgan fingerprint density at radius 2 is 2.00 bits per heavy atom. The number of nitrogens with one attached hydrogen (secondary N) is 1. The summed E-state index contributed by atoms with van der Waals surface area (Å²) in [5.74, 6) is 0. The van der Waals surface area contributed by atoms with Crippen molar-refractivity contribution in [1.82, 2.24) is 15.1 Å². The molecule has 0 radical (unpaired) electrons. The van der Waals surface area contributed by atoms with Gasteiger partial charge in [0.1, 0.15) is 0 Å². The number of benzene rings is 1. The molecular formula is C14H19N3O. The first kappa shape index (κ1) is 12.8. The molecule has 1 aromatic carbocycles. The van der Waals surface area contributed by atoms with Gasteiger partial charge in [0.15, 0.2) is 0 Å². The molecular weight excluding hydrogens is 226 g/mol. The summed E-state index contributed by atoms with van der Waals surface area (Å²) in [7, 11) is 1.90. The third kappa shape index (κ3) is 2.97. The second-order valence-corrected chi connectivity index (χ2v) is 4.48. The first-order chi connectivity index (χ1) is 8.70. The van der Waals surface area contributed by atoms with Crippen LogP contribution in [0.5, 0.6) is 0 Å². The van der Waals surface area contributed by atoms with E-state index >= 15 is 0 Å². The summed E-state index contributed by atoms with van der Waals surface area (Å²) in [6, 6.07) is 10.1. The van der Waals surface area contributed by atoms with E-state index in [1.54, 1.807) is 4.68 Å². The van der Waals surface area contributed by atoms with Crippen molar-refractivity contribution in [2.24, 2.45) is 7.05 Å². The van der Waals surface area contributed by atoms with Crippen LogP contribution in [0.25, 0.3) is 0 Å². The molecule has 0 spiro atoms. The SMILES string of the molecule is CC(N[C@H](CO)c1ccccc1)c1cnn(C)c1. The average molecular weight is 245 g/mol. The minimum atomic E-state index is -0.0543. The second kappa shape index (κ2) is 5.80. The van der Waals surface area contributed by atoms with Gasteiger partial charge in [-0.2, -0.15) is 5.10 Å². The van der Waals surface area contributed by atoms with E-state index in [4.69, 9.17) is 0 Å². The van der Waals surface area contributed by atoms with Gasteiger partial charge in [0.2, 0.25) is 0 Å². The van der Waals surface area contributed by atoms with Crippen LogP contribution in [0.2, 0.25) is 0 Å². The quantitative estimate of drug-likeness (QED) is 0.844. The Balaban J connectivity index is 2.07. The molecule has 4 nitrogen and oxygen atoms in total. The van der Waals surface area contributed by atoms with Gasteiger partial charge in [-0.15, -0.1) is 0 Å². The topological polar surface area (TPSA) is 50.1 Å². The lowest BCUT2D eigenvalue weighted by Crippen LogP contribution is -2.27. The summed E-state index contributed by atoms with van der Waals surface area (Å²) in [4.78, 5) is 0. The van der Waals surface area contributed by atoms with Crippen LogP contribution in [-0.2, 0) is 7.05 Å². The molecule has 0 saturated heterocycles. The van der Waals surface area contributed by atoms with E-state index < -0.39 is 0 Å². The summed E-state index contributed by atoms with van der Waals surface area (Å²) in [6.07, 6.45) is 3.83. The Labute approximate surface area is 107 Å². The Morgan fingerprint density at radius 3 is 2.56 bits per heavy atom. The molecule has 0 bridgehead atoms. The zero-order valence-electron chi connectivity index (χ0n) is 10.7. The van der Waals surface area contributed by atoms with Crippen molar-refractivity contribution >= 4 is 0 Å².